The minimum atomic E-state index is -0.516. The fourth-order valence-electron chi connectivity index (χ4n) is 2.41. The van der Waals surface area contributed by atoms with E-state index >= 15 is 0 Å². The molecule has 0 bridgehead atoms. The van der Waals surface area contributed by atoms with Crippen LogP contribution in [-0.2, 0) is 0 Å². The molecular formula is C18H14ClN3O2. The molecule has 0 aliphatic carbocycles. The number of halogens is 1. The van der Waals surface area contributed by atoms with E-state index in [1.165, 1.54) is 12.1 Å². The van der Waals surface area contributed by atoms with E-state index in [-0.39, 0.29) is 10.7 Å². The number of hydrogen-bond donors (Lipinski definition) is 0. The van der Waals surface area contributed by atoms with Crippen LogP contribution in [0.1, 0.15) is 11.3 Å². The lowest BCUT2D eigenvalue weighted by Gasteiger charge is -2.04. The monoisotopic (exact) mass is 339 g/mol. The topological polar surface area (TPSA) is 60.4 Å². The summed E-state index contributed by atoms with van der Waals surface area (Å²) < 4.78 is 2.06. The van der Waals surface area contributed by atoms with Crippen LogP contribution < -0.4 is 0 Å². The van der Waals surface area contributed by atoms with Crippen molar-refractivity contribution in [1.82, 2.24) is 4.57 Å². The Bertz CT molecular complexity index is 917. The lowest BCUT2D eigenvalue weighted by atomic mass is 10.3. The van der Waals surface area contributed by atoms with Gasteiger partial charge in [0.2, 0.25) is 0 Å². The van der Waals surface area contributed by atoms with Crippen molar-refractivity contribution in [2.45, 2.75) is 6.92 Å². The van der Waals surface area contributed by atoms with Crippen molar-refractivity contribution in [1.29, 1.82) is 0 Å². The van der Waals surface area contributed by atoms with E-state index in [1.54, 1.807) is 12.3 Å². The molecule has 0 saturated carbocycles. The highest BCUT2D eigenvalue weighted by atomic mass is 35.5. The summed E-state index contributed by atoms with van der Waals surface area (Å²) in [5.74, 6) is 0. The number of nitrogens with zero attached hydrogens (tertiary/aromatic N) is 3. The van der Waals surface area contributed by atoms with E-state index in [0.29, 0.717) is 5.69 Å². The summed E-state index contributed by atoms with van der Waals surface area (Å²) in [5.41, 5.74) is 3.39. The lowest BCUT2D eigenvalue weighted by molar-refractivity contribution is -0.384. The highest BCUT2D eigenvalue weighted by Gasteiger charge is 2.12. The minimum absolute atomic E-state index is 0.102. The van der Waals surface area contributed by atoms with Gasteiger partial charge in [0.1, 0.15) is 5.02 Å². The predicted molar refractivity (Wildman–Crippen MR) is 95.9 cm³/mol. The van der Waals surface area contributed by atoms with Crippen molar-refractivity contribution in [2.75, 3.05) is 0 Å². The van der Waals surface area contributed by atoms with Crippen molar-refractivity contribution < 1.29 is 4.92 Å². The number of nitro benzene ring substituents is 1. The zero-order valence-electron chi connectivity index (χ0n) is 12.9. The molecule has 0 amide bonds. The Morgan fingerprint density at radius 1 is 1.17 bits per heavy atom. The van der Waals surface area contributed by atoms with Crippen LogP contribution in [0, 0.1) is 17.0 Å². The van der Waals surface area contributed by atoms with Crippen molar-refractivity contribution >= 4 is 29.2 Å². The summed E-state index contributed by atoms with van der Waals surface area (Å²) in [6, 6.07) is 16.5. The molecule has 3 rings (SSSR count). The molecule has 120 valence electrons. The fraction of sp³-hybridized carbons (Fsp3) is 0.0556. The van der Waals surface area contributed by atoms with Gasteiger partial charge in [-0.25, -0.2) is 0 Å². The highest BCUT2D eigenvalue weighted by Crippen LogP contribution is 2.28. The van der Waals surface area contributed by atoms with Crippen LogP contribution in [0.4, 0.5) is 11.4 Å². The third-order valence-electron chi connectivity index (χ3n) is 3.56. The van der Waals surface area contributed by atoms with Crippen molar-refractivity contribution in [3.8, 4) is 5.69 Å². The Balaban J connectivity index is 1.88. The summed E-state index contributed by atoms with van der Waals surface area (Å²) in [5, 5.41) is 11.0. The van der Waals surface area contributed by atoms with Crippen LogP contribution in [0.25, 0.3) is 5.69 Å². The second kappa shape index (κ2) is 6.68. The molecule has 0 N–H and O–H groups in total. The maximum Gasteiger partial charge on any atom is 0.290 e. The third kappa shape index (κ3) is 3.36. The van der Waals surface area contributed by atoms with Gasteiger partial charge in [0.25, 0.3) is 5.69 Å². The minimum Gasteiger partial charge on any atom is -0.321 e. The van der Waals surface area contributed by atoms with E-state index in [2.05, 4.69) is 9.56 Å². The number of aromatic nitrogens is 1. The Morgan fingerprint density at radius 3 is 2.62 bits per heavy atom. The van der Waals surface area contributed by atoms with Crippen molar-refractivity contribution in [2.24, 2.45) is 4.99 Å². The van der Waals surface area contributed by atoms with Crippen LogP contribution >= 0.6 is 11.6 Å². The maximum atomic E-state index is 10.9. The number of para-hydroxylation sites is 1. The summed E-state index contributed by atoms with van der Waals surface area (Å²) in [7, 11) is 0. The zero-order valence-corrected chi connectivity index (χ0v) is 13.6. The van der Waals surface area contributed by atoms with E-state index < -0.39 is 4.92 Å². The number of benzene rings is 2. The quantitative estimate of drug-likeness (QED) is 0.377. The first kappa shape index (κ1) is 16.0. The third-order valence-corrected chi connectivity index (χ3v) is 3.88. The van der Waals surface area contributed by atoms with Gasteiger partial charge in [-0.1, -0.05) is 29.8 Å². The average Bonchev–Trinajstić information content (AvgIpc) is 2.95. The molecule has 24 heavy (non-hydrogen) atoms. The van der Waals surface area contributed by atoms with Gasteiger partial charge in [-0.3, -0.25) is 15.1 Å². The van der Waals surface area contributed by atoms with E-state index in [0.717, 1.165) is 16.9 Å². The van der Waals surface area contributed by atoms with Gasteiger partial charge in [-0.15, -0.1) is 0 Å². The average molecular weight is 340 g/mol. The van der Waals surface area contributed by atoms with Crippen LogP contribution in [0.3, 0.4) is 0 Å². The normalized spacial score (nSPS) is 11.1. The zero-order chi connectivity index (χ0) is 17.1. The first-order chi connectivity index (χ1) is 11.5. The molecule has 0 atom stereocenters. The van der Waals surface area contributed by atoms with Gasteiger partial charge < -0.3 is 4.57 Å². The van der Waals surface area contributed by atoms with Crippen LogP contribution in [-0.4, -0.2) is 15.7 Å². The first-order valence-corrected chi connectivity index (χ1v) is 7.65. The van der Waals surface area contributed by atoms with Gasteiger partial charge in [0.15, 0.2) is 0 Å². The van der Waals surface area contributed by atoms with E-state index in [4.69, 9.17) is 11.6 Å². The van der Waals surface area contributed by atoms with Gasteiger partial charge in [-0.2, -0.15) is 0 Å². The number of aryl methyl sites for hydroxylation is 1. The fourth-order valence-corrected chi connectivity index (χ4v) is 2.59. The molecule has 1 aromatic heterocycles. The first-order valence-electron chi connectivity index (χ1n) is 7.27. The number of nitro groups is 1. The molecule has 0 saturated heterocycles. The largest absolute Gasteiger partial charge is 0.321 e. The van der Waals surface area contributed by atoms with Gasteiger partial charge in [0, 0.05) is 35.4 Å². The van der Waals surface area contributed by atoms with Crippen LogP contribution in [0.15, 0.2) is 65.8 Å². The Morgan fingerprint density at radius 2 is 1.92 bits per heavy atom. The lowest BCUT2D eigenvalue weighted by Crippen LogP contribution is -1.93. The summed E-state index contributed by atoms with van der Waals surface area (Å²) in [6.45, 7) is 2.01. The maximum absolute atomic E-state index is 10.9. The van der Waals surface area contributed by atoms with Gasteiger partial charge in [-0.05, 0) is 37.3 Å². The SMILES string of the molecule is Cc1cc(C=Nc2ccc(Cl)c([N+](=O)[O-])c2)cn1-c1ccccc1. The molecule has 6 heteroatoms. The molecule has 0 radical (unpaired) electrons. The van der Waals surface area contributed by atoms with Crippen LogP contribution in [0.2, 0.25) is 5.02 Å². The molecule has 0 spiro atoms. The smallest absolute Gasteiger partial charge is 0.290 e. The molecule has 2 aromatic carbocycles. The standard InChI is InChI=1S/C18H14ClN3O2/c1-13-9-14(12-21(13)16-5-3-2-4-6-16)11-20-15-7-8-17(19)18(10-15)22(23)24/h2-12H,1H3. The summed E-state index contributed by atoms with van der Waals surface area (Å²) in [6.07, 6.45) is 3.65. The second-order valence-electron chi connectivity index (χ2n) is 5.27. The summed E-state index contributed by atoms with van der Waals surface area (Å²) in [4.78, 5) is 14.7. The Hall–Kier alpha value is -2.92. The van der Waals surface area contributed by atoms with E-state index in [1.807, 2.05) is 49.5 Å². The number of hydrogen-bond acceptors (Lipinski definition) is 3. The molecule has 1 heterocycles. The second-order valence-corrected chi connectivity index (χ2v) is 5.68. The van der Waals surface area contributed by atoms with Gasteiger partial charge >= 0.3 is 0 Å². The van der Waals surface area contributed by atoms with Crippen molar-refractivity contribution in [3.63, 3.8) is 0 Å². The Kier molecular flexibility index (Phi) is 4.44. The number of rotatable bonds is 4. The Labute approximate surface area is 144 Å². The highest BCUT2D eigenvalue weighted by molar-refractivity contribution is 6.32. The van der Waals surface area contributed by atoms with E-state index in [9.17, 15) is 10.1 Å². The van der Waals surface area contributed by atoms with Gasteiger partial charge in [0.05, 0.1) is 10.6 Å². The van der Waals surface area contributed by atoms with Crippen LogP contribution in [0.5, 0.6) is 0 Å². The molecule has 0 aliphatic rings. The molecular weight excluding hydrogens is 326 g/mol. The molecule has 0 unspecified atom stereocenters. The number of aliphatic imine (C=N–C) groups is 1. The van der Waals surface area contributed by atoms with Crippen molar-refractivity contribution in [3.05, 3.63) is 87.2 Å². The molecule has 5 nitrogen and oxygen atoms in total. The predicted octanol–water partition coefficient (Wildman–Crippen LogP) is 5.10. The molecule has 0 fully saturated rings. The summed E-state index contributed by atoms with van der Waals surface area (Å²) >= 11 is 5.80. The molecule has 0 aliphatic heterocycles. The molecule has 3 aromatic rings.